The van der Waals surface area contributed by atoms with Crippen molar-refractivity contribution in [3.63, 3.8) is 0 Å². The zero-order chi connectivity index (χ0) is 0. The first-order valence-corrected chi connectivity index (χ1v) is 0. The summed E-state index contributed by atoms with van der Waals surface area (Å²) in [5, 5.41) is 0. The van der Waals surface area contributed by atoms with Gasteiger partial charge in [0.15, 0.2) is 0 Å². The second kappa shape index (κ2) is 16.4. The molecule has 0 aromatic rings. The van der Waals surface area contributed by atoms with Crippen LogP contribution in [0.25, 0.3) is 0 Å². The number of hydrogen-bond donors (Lipinski definition) is 0. The Kier molecular flexibility index (Phi) is 112. The molecule has 0 fully saturated rings. The Morgan fingerprint density at radius 2 is 1.00 bits per heavy atom. The third-order valence-corrected chi connectivity index (χ3v) is 0. The second-order valence-corrected chi connectivity index (χ2v) is 0. The van der Waals surface area contributed by atoms with Crippen LogP contribution in [0, 0.1) is 77.3 Å². The summed E-state index contributed by atoms with van der Waals surface area (Å²) in [4.78, 5) is 0. The van der Waals surface area contributed by atoms with Crippen molar-refractivity contribution in [3.05, 3.63) is 0 Å². The average Bonchev–Trinajstić information content (AvgIpc) is 0. The molecule has 0 unspecified atom stereocenters. The summed E-state index contributed by atoms with van der Waals surface area (Å²) in [5.74, 6) is 0. The Bertz CT molecular complexity index is 8.00. The Morgan fingerprint density at radius 3 is 1.00 bits per heavy atom. The van der Waals surface area contributed by atoms with Gasteiger partial charge in [-0.2, -0.15) is 0 Å². The first kappa shape index (κ1) is 27.2. The molecular formula is BCeFeLa. The van der Waals surface area contributed by atoms with E-state index in [1.807, 2.05) is 0 Å². The summed E-state index contributed by atoms with van der Waals surface area (Å²) >= 11 is 0. The van der Waals surface area contributed by atoms with Crippen LogP contribution in [0.5, 0.6) is 0 Å². The topological polar surface area (TPSA) is 0 Å². The van der Waals surface area contributed by atoms with Crippen LogP contribution in [0.4, 0.5) is 0 Å². The maximum atomic E-state index is 0. The molecule has 0 aromatic carbocycles. The van der Waals surface area contributed by atoms with E-state index in [1.54, 1.807) is 0 Å². The maximum absolute atomic E-state index is 0. The third kappa shape index (κ3) is 8.94. The maximum Gasteiger partial charge on any atom is 0 e. The molecule has 4 heteroatoms. The standard InChI is InChI=1S/B.Ce.Fe.La. The van der Waals surface area contributed by atoms with Gasteiger partial charge in [-0.25, -0.2) is 0 Å². The predicted octanol–water partition coefficient (Wildman–Crippen LogP) is -0.383. The molecule has 0 aromatic heterocycles. The van der Waals surface area contributed by atoms with Gasteiger partial charge in [-0.15, -0.1) is 0 Å². The molecule has 0 N–H and O–H groups in total. The van der Waals surface area contributed by atoms with Crippen LogP contribution in [-0.4, -0.2) is 8.41 Å². The molecule has 0 aliphatic rings. The van der Waals surface area contributed by atoms with Crippen LogP contribution in [0.2, 0.25) is 0 Å². The van der Waals surface area contributed by atoms with Gasteiger partial charge in [-0.1, -0.05) is 0 Å². The van der Waals surface area contributed by atoms with Gasteiger partial charge in [0.1, 0.15) is 0 Å². The van der Waals surface area contributed by atoms with Crippen molar-refractivity contribution in [2.24, 2.45) is 0 Å². The predicted molar refractivity (Wildman–Crippen MR) is 5.75 cm³/mol. The van der Waals surface area contributed by atoms with Crippen LogP contribution in [0.1, 0.15) is 0 Å². The fourth-order valence-corrected chi connectivity index (χ4v) is 0. The Morgan fingerprint density at radius 1 is 1.00 bits per heavy atom. The van der Waals surface area contributed by atoms with Gasteiger partial charge in [-0.3, -0.25) is 0 Å². The normalized spacial score (nSPS) is 0. The zero-order valence-corrected chi connectivity index (χ0v) is 9.88. The summed E-state index contributed by atoms with van der Waals surface area (Å²) in [7, 11) is 0. The third-order valence-electron chi connectivity index (χ3n) is 0. The smallest absolute Gasteiger partial charge is 0 e. The first-order chi connectivity index (χ1) is 0. The van der Waals surface area contributed by atoms with E-state index in [9.17, 15) is 0 Å². The minimum atomic E-state index is 0. The molecule has 4 heavy (non-hydrogen) atoms. The van der Waals surface area contributed by atoms with Crippen LogP contribution < -0.4 is 0 Å². The summed E-state index contributed by atoms with van der Waals surface area (Å²) in [5.41, 5.74) is 0. The summed E-state index contributed by atoms with van der Waals surface area (Å²) in [6.45, 7) is 0. The Labute approximate surface area is 100 Å². The fraction of sp³-hybridized carbons (Fsp3) is 0. The van der Waals surface area contributed by atoms with E-state index in [1.165, 1.54) is 0 Å². The van der Waals surface area contributed by atoms with E-state index < -0.39 is 0 Å². The van der Waals surface area contributed by atoms with Gasteiger partial charge in [-0.05, 0) is 0 Å². The molecule has 0 amide bonds. The molecule has 0 saturated carbocycles. The van der Waals surface area contributed by atoms with Crippen molar-refractivity contribution < 1.29 is 94.4 Å². The molecule has 0 aliphatic heterocycles. The molecule has 4 radical (unpaired) electrons. The summed E-state index contributed by atoms with van der Waals surface area (Å²) in [6.07, 6.45) is 0. The molecule has 0 spiro atoms. The SMILES string of the molecule is [B].[Ce].[Fe].[La]. The summed E-state index contributed by atoms with van der Waals surface area (Å²) < 4.78 is 0. The molecule has 0 heterocycles. The van der Waals surface area contributed by atoms with E-state index in [-0.39, 0.29) is 103 Å². The van der Waals surface area contributed by atoms with Gasteiger partial charge < -0.3 is 0 Å². The van der Waals surface area contributed by atoms with E-state index in [0.717, 1.165) is 0 Å². The van der Waals surface area contributed by atoms with Gasteiger partial charge in [0.2, 0.25) is 0 Å². The minimum Gasteiger partial charge on any atom is 0 e. The van der Waals surface area contributed by atoms with Crippen molar-refractivity contribution in [1.29, 1.82) is 0 Å². The van der Waals surface area contributed by atoms with Crippen LogP contribution in [0.15, 0.2) is 0 Å². The average molecular weight is 346 g/mol. The number of rotatable bonds is 0. The van der Waals surface area contributed by atoms with Crippen molar-refractivity contribution in [2.75, 3.05) is 0 Å². The number of hydrogen-bond acceptors (Lipinski definition) is 0. The first-order valence-electron chi connectivity index (χ1n) is 0. The molecule has 0 aliphatic carbocycles. The van der Waals surface area contributed by atoms with Crippen LogP contribution in [-0.2, 0) is 17.1 Å². The van der Waals surface area contributed by atoms with Gasteiger partial charge in [0.05, 0.1) is 0 Å². The van der Waals surface area contributed by atoms with Gasteiger partial charge in [0, 0.05) is 103 Å². The molecule has 0 bridgehead atoms. The van der Waals surface area contributed by atoms with Crippen LogP contribution >= 0.6 is 0 Å². The Balaban J connectivity index is 0. The molecule has 0 rings (SSSR count). The quantitative estimate of drug-likeness (QED) is 0.525. The molecule has 0 atom stereocenters. The zero-order valence-electron chi connectivity index (χ0n) is 2.01. The van der Waals surface area contributed by atoms with Gasteiger partial charge >= 0.3 is 0 Å². The summed E-state index contributed by atoms with van der Waals surface area (Å²) in [6, 6.07) is 0. The van der Waals surface area contributed by atoms with E-state index in [2.05, 4.69) is 0 Å². The molecular weight excluding hydrogens is 346 g/mol. The van der Waals surface area contributed by atoms with Crippen molar-refractivity contribution in [3.8, 4) is 0 Å². The van der Waals surface area contributed by atoms with Crippen LogP contribution in [0.3, 0.4) is 0 Å². The monoisotopic (exact) mass is 346 g/mol. The van der Waals surface area contributed by atoms with E-state index in [0.29, 0.717) is 0 Å². The molecule has 18 valence electrons. The second-order valence-electron chi connectivity index (χ2n) is 0. The van der Waals surface area contributed by atoms with Crippen molar-refractivity contribution in [2.45, 2.75) is 0 Å². The van der Waals surface area contributed by atoms with Crippen molar-refractivity contribution >= 4 is 8.41 Å². The molecule has 0 nitrogen and oxygen atoms in total. The molecule has 0 saturated heterocycles. The minimum absolute atomic E-state index is 0. The van der Waals surface area contributed by atoms with Gasteiger partial charge in [0.25, 0.3) is 0 Å². The largest absolute Gasteiger partial charge is 0 e. The van der Waals surface area contributed by atoms with Crippen molar-refractivity contribution in [1.82, 2.24) is 0 Å². The van der Waals surface area contributed by atoms with E-state index in [4.69, 9.17) is 0 Å². The van der Waals surface area contributed by atoms with E-state index >= 15 is 0 Å². The Hall–Kier alpha value is 3.16. The fourth-order valence-electron chi connectivity index (χ4n) is 0.